The average Bonchev–Trinajstić information content (AvgIpc) is 2.71. The minimum absolute atomic E-state index is 0.359. The van der Waals surface area contributed by atoms with Crippen LogP contribution >= 0.6 is 0 Å². The molecule has 94 valence electrons. The SMILES string of the molecule is C=Cc1c(O)n(C2CCNCC2)c2ccccc12. The van der Waals surface area contributed by atoms with Gasteiger partial charge in [0.1, 0.15) is 0 Å². The van der Waals surface area contributed by atoms with Crippen molar-refractivity contribution in [1.29, 1.82) is 0 Å². The second-order valence-electron chi connectivity index (χ2n) is 4.81. The highest BCUT2D eigenvalue weighted by atomic mass is 16.3. The van der Waals surface area contributed by atoms with Gasteiger partial charge in [0.15, 0.2) is 5.88 Å². The Bertz CT molecular complexity index is 579. The Labute approximate surface area is 107 Å². The highest BCUT2D eigenvalue weighted by molar-refractivity contribution is 5.92. The first-order chi connectivity index (χ1) is 8.83. The van der Waals surface area contributed by atoms with Crippen LogP contribution in [0.25, 0.3) is 17.0 Å². The van der Waals surface area contributed by atoms with E-state index in [1.807, 2.05) is 18.2 Å². The molecule has 1 aliphatic heterocycles. The molecule has 1 fully saturated rings. The van der Waals surface area contributed by atoms with Crippen molar-refractivity contribution in [1.82, 2.24) is 9.88 Å². The molecule has 0 unspecified atom stereocenters. The lowest BCUT2D eigenvalue weighted by molar-refractivity contribution is 0.330. The minimum Gasteiger partial charge on any atom is -0.494 e. The van der Waals surface area contributed by atoms with Gasteiger partial charge in [0, 0.05) is 17.0 Å². The van der Waals surface area contributed by atoms with Crippen molar-refractivity contribution in [2.45, 2.75) is 18.9 Å². The molecule has 0 atom stereocenters. The summed E-state index contributed by atoms with van der Waals surface area (Å²) in [4.78, 5) is 0. The molecule has 1 aromatic heterocycles. The molecule has 3 heteroatoms. The lowest BCUT2D eigenvalue weighted by Crippen LogP contribution is -2.29. The fraction of sp³-hybridized carbons (Fsp3) is 0.333. The lowest BCUT2D eigenvalue weighted by atomic mass is 10.1. The Hall–Kier alpha value is -1.74. The monoisotopic (exact) mass is 242 g/mol. The van der Waals surface area contributed by atoms with Crippen molar-refractivity contribution in [3.05, 3.63) is 36.4 Å². The summed E-state index contributed by atoms with van der Waals surface area (Å²) in [5, 5.41) is 14.9. The summed E-state index contributed by atoms with van der Waals surface area (Å²) in [7, 11) is 0. The zero-order valence-electron chi connectivity index (χ0n) is 10.4. The molecule has 2 heterocycles. The number of para-hydroxylation sites is 1. The van der Waals surface area contributed by atoms with Gasteiger partial charge in [-0.25, -0.2) is 0 Å². The third kappa shape index (κ3) is 1.63. The maximum absolute atomic E-state index is 10.4. The van der Waals surface area contributed by atoms with Gasteiger partial charge in [0.05, 0.1) is 5.52 Å². The molecule has 1 aromatic carbocycles. The van der Waals surface area contributed by atoms with Crippen LogP contribution in [0.1, 0.15) is 24.4 Å². The average molecular weight is 242 g/mol. The van der Waals surface area contributed by atoms with Crippen LogP contribution in [-0.4, -0.2) is 22.8 Å². The highest BCUT2D eigenvalue weighted by Gasteiger charge is 2.22. The third-order valence-electron chi connectivity index (χ3n) is 3.80. The maximum atomic E-state index is 10.4. The van der Waals surface area contributed by atoms with Gasteiger partial charge in [0.2, 0.25) is 0 Å². The van der Waals surface area contributed by atoms with Crippen molar-refractivity contribution in [3.8, 4) is 5.88 Å². The molecule has 0 radical (unpaired) electrons. The van der Waals surface area contributed by atoms with Crippen LogP contribution in [-0.2, 0) is 0 Å². The van der Waals surface area contributed by atoms with Crippen molar-refractivity contribution in [3.63, 3.8) is 0 Å². The fourth-order valence-corrected chi connectivity index (χ4v) is 2.91. The number of benzene rings is 1. The lowest BCUT2D eigenvalue weighted by Gasteiger charge is -2.25. The molecule has 1 aliphatic rings. The van der Waals surface area contributed by atoms with E-state index < -0.39 is 0 Å². The Morgan fingerprint density at radius 2 is 2.00 bits per heavy atom. The van der Waals surface area contributed by atoms with Crippen LogP contribution < -0.4 is 5.32 Å². The molecule has 3 nitrogen and oxygen atoms in total. The first-order valence-corrected chi connectivity index (χ1v) is 6.48. The van der Waals surface area contributed by atoms with Gasteiger partial charge in [-0.2, -0.15) is 0 Å². The summed E-state index contributed by atoms with van der Waals surface area (Å²) in [6.07, 6.45) is 3.86. The van der Waals surface area contributed by atoms with Crippen LogP contribution in [0.4, 0.5) is 0 Å². The Morgan fingerprint density at radius 1 is 1.28 bits per heavy atom. The molecular formula is C15H18N2O. The van der Waals surface area contributed by atoms with Gasteiger partial charge in [-0.3, -0.25) is 0 Å². The van der Waals surface area contributed by atoms with Crippen molar-refractivity contribution in [2.24, 2.45) is 0 Å². The van der Waals surface area contributed by atoms with E-state index >= 15 is 0 Å². The predicted molar refractivity (Wildman–Crippen MR) is 74.8 cm³/mol. The number of hydrogen-bond donors (Lipinski definition) is 2. The zero-order chi connectivity index (χ0) is 12.5. The Morgan fingerprint density at radius 3 is 2.72 bits per heavy atom. The van der Waals surface area contributed by atoms with E-state index in [2.05, 4.69) is 22.5 Å². The molecule has 18 heavy (non-hydrogen) atoms. The molecule has 2 aromatic rings. The number of fused-ring (bicyclic) bond motifs is 1. The molecule has 2 N–H and O–H groups in total. The Kier molecular flexibility index (Phi) is 2.84. The standard InChI is InChI=1S/C15H18N2O/c1-2-12-13-5-3-4-6-14(13)17(15(12)18)11-7-9-16-10-8-11/h2-6,11,16,18H,1,7-10H2. The van der Waals surface area contributed by atoms with Gasteiger partial charge >= 0.3 is 0 Å². The second kappa shape index (κ2) is 4.50. The summed E-state index contributed by atoms with van der Waals surface area (Å²) in [6, 6.07) is 8.52. The summed E-state index contributed by atoms with van der Waals surface area (Å²) < 4.78 is 2.08. The van der Waals surface area contributed by atoms with E-state index in [1.54, 1.807) is 6.08 Å². The van der Waals surface area contributed by atoms with E-state index in [0.29, 0.717) is 11.9 Å². The van der Waals surface area contributed by atoms with E-state index in [9.17, 15) is 5.11 Å². The van der Waals surface area contributed by atoms with Crippen molar-refractivity contribution in [2.75, 3.05) is 13.1 Å². The van der Waals surface area contributed by atoms with Crippen molar-refractivity contribution < 1.29 is 5.11 Å². The summed E-state index contributed by atoms with van der Waals surface area (Å²) in [5.41, 5.74) is 1.96. The highest BCUT2D eigenvalue weighted by Crippen LogP contribution is 2.37. The molecule has 0 saturated carbocycles. The van der Waals surface area contributed by atoms with Crippen molar-refractivity contribution >= 4 is 17.0 Å². The van der Waals surface area contributed by atoms with Crippen LogP contribution in [0.3, 0.4) is 0 Å². The number of aromatic hydroxyl groups is 1. The third-order valence-corrected chi connectivity index (χ3v) is 3.80. The first-order valence-electron chi connectivity index (χ1n) is 6.48. The Balaban J connectivity index is 2.21. The summed E-state index contributed by atoms with van der Waals surface area (Å²) in [5.74, 6) is 0.359. The summed E-state index contributed by atoms with van der Waals surface area (Å²) >= 11 is 0. The molecule has 3 rings (SSSR count). The normalized spacial score (nSPS) is 17.1. The summed E-state index contributed by atoms with van der Waals surface area (Å²) in [6.45, 7) is 5.84. The molecule has 0 amide bonds. The minimum atomic E-state index is 0.359. The number of hydrogen-bond acceptors (Lipinski definition) is 2. The zero-order valence-corrected chi connectivity index (χ0v) is 10.4. The van der Waals surface area contributed by atoms with Gasteiger partial charge in [-0.1, -0.05) is 30.9 Å². The predicted octanol–water partition coefficient (Wildman–Crippen LogP) is 2.91. The van der Waals surface area contributed by atoms with Gasteiger partial charge in [-0.05, 0) is 32.0 Å². The quantitative estimate of drug-likeness (QED) is 0.849. The largest absolute Gasteiger partial charge is 0.494 e. The molecular weight excluding hydrogens is 224 g/mol. The molecule has 0 spiro atoms. The van der Waals surface area contributed by atoms with Crippen LogP contribution in [0.2, 0.25) is 0 Å². The number of nitrogens with zero attached hydrogens (tertiary/aromatic N) is 1. The number of nitrogens with one attached hydrogen (secondary N) is 1. The smallest absolute Gasteiger partial charge is 0.199 e. The van der Waals surface area contributed by atoms with E-state index in [0.717, 1.165) is 42.4 Å². The van der Waals surface area contributed by atoms with Crippen LogP contribution in [0, 0.1) is 0 Å². The second-order valence-corrected chi connectivity index (χ2v) is 4.81. The molecule has 0 bridgehead atoms. The van der Waals surface area contributed by atoms with Crippen LogP contribution in [0.5, 0.6) is 5.88 Å². The maximum Gasteiger partial charge on any atom is 0.199 e. The molecule has 0 aliphatic carbocycles. The van der Waals surface area contributed by atoms with E-state index in [1.165, 1.54) is 0 Å². The number of aromatic nitrogens is 1. The fourth-order valence-electron chi connectivity index (χ4n) is 2.91. The molecule has 1 saturated heterocycles. The number of rotatable bonds is 2. The van der Waals surface area contributed by atoms with Gasteiger partial charge in [-0.15, -0.1) is 0 Å². The van der Waals surface area contributed by atoms with Gasteiger partial charge < -0.3 is 15.0 Å². The van der Waals surface area contributed by atoms with E-state index in [4.69, 9.17) is 0 Å². The van der Waals surface area contributed by atoms with Gasteiger partial charge in [0.25, 0.3) is 0 Å². The first kappa shape index (κ1) is 11.4. The number of piperidine rings is 1. The topological polar surface area (TPSA) is 37.2 Å². The van der Waals surface area contributed by atoms with E-state index in [-0.39, 0.29) is 0 Å². The van der Waals surface area contributed by atoms with Crippen LogP contribution in [0.15, 0.2) is 30.8 Å².